The average Bonchev–Trinajstić information content (AvgIpc) is 2.68. The van der Waals surface area contributed by atoms with Crippen LogP contribution in [0, 0.1) is 13.8 Å². The van der Waals surface area contributed by atoms with Gasteiger partial charge in [0, 0.05) is 17.6 Å². The van der Waals surface area contributed by atoms with Crippen molar-refractivity contribution in [3.05, 3.63) is 69.7 Å². The minimum absolute atomic E-state index is 0.0628. The Morgan fingerprint density at radius 1 is 1.03 bits per heavy atom. The zero-order valence-electron chi connectivity index (χ0n) is 18.0. The second kappa shape index (κ2) is 10.4. The third kappa shape index (κ3) is 6.60. The number of nitrogens with zero attached hydrogens (tertiary/aromatic N) is 1. The highest BCUT2D eigenvalue weighted by Crippen LogP contribution is 2.17. The molecule has 5 heteroatoms. The van der Waals surface area contributed by atoms with Gasteiger partial charge in [-0.15, -0.1) is 0 Å². The minimum atomic E-state index is -0.581. The van der Waals surface area contributed by atoms with E-state index in [9.17, 15) is 9.59 Å². The maximum absolute atomic E-state index is 13.2. The Morgan fingerprint density at radius 3 is 2.38 bits per heavy atom. The lowest BCUT2D eigenvalue weighted by atomic mass is 10.0. The van der Waals surface area contributed by atoms with Crippen LogP contribution in [0.25, 0.3) is 0 Å². The van der Waals surface area contributed by atoms with Gasteiger partial charge in [0.2, 0.25) is 11.8 Å². The molecule has 0 aliphatic heterocycles. The third-order valence-corrected chi connectivity index (χ3v) is 5.57. The number of hydrogen-bond acceptors (Lipinski definition) is 2. The highest BCUT2D eigenvalue weighted by atomic mass is 35.5. The number of aryl methyl sites for hydroxylation is 2. The molecule has 29 heavy (non-hydrogen) atoms. The van der Waals surface area contributed by atoms with E-state index in [1.807, 2.05) is 64.1 Å². The summed E-state index contributed by atoms with van der Waals surface area (Å²) in [4.78, 5) is 27.6. The molecule has 2 aromatic rings. The van der Waals surface area contributed by atoms with Crippen LogP contribution in [0.5, 0.6) is 0 Å². The Labute approximate surface area is 179 Å². The summed E-state index contributed by atoms with van der Waals surface area (Å²) >= 11 is 6.12. The molecule has 0 aliphatic carbocycles. The molecule has 0 aromatic heterocycles. The maximum atomic E-state index is 13.2. The number of halogens is 1. The van der Waals surface area contributed by atoms with Gasteiger partial charge in [-0.25, -0.2) is 0 Å². The normalized spacial score (nSPS) is 12.9. The number of amides is 2. The van der Waals surface area contributed by atoms with Crippen molar-refractivity contribution in [1.82, 2.24) is 10.2 Å². The van der Waals surface area contributed by atoms with Gasteiger partial charge in [-0.2, -0.15) is 0 Å². The number of nitrogens with one attached hydrogen (secondary N) is 1. The number of benzene rings is 2. The summed E-state index contributed by atoms with van der Waals surface area (Å²) in [5.74, 6) is -0.227. The Hall–Kier alpha value is -2.33. The molecule has 2 atom stereocenters. The van der Waals surface area contributed by atoms with Crippen LogP contribution in [0.1, 0.15) is 49.4 Å². The smallest absolute Gasteiger partial charge is 0.242 e. The second-order valence-electron chi connectivity index (χ2n) is 7.74. The molecule has 4 nitrogen and oxygen atoms in total. The first-order chi connectivity index (χ1) is 13.7. The fraction of sp³-hybridized carbons (Fsp3) is 0.417. The van der Waals surface area contributed by atoms with Crippen molar-refractivity contribution in [2.75, 3.05) is 0 Å². The van der Waals surface area contributed by atoms with Crippen LogP contribution >= 0.6 is 11.6 Å². The van der Waals surface area contributed by atoms with E-state index in [2.05, 4.69) is 5.32 Å². The highest BCUT2D eigenvalue weighted by Gasteiger charge is 2.27. The molecule has 2 unspecified atom stereocenters. The van der Waals surface area contributed by atoms with Crippen molar-refractivity contribution < 1.29 is 9.59 Å². The van der Waals surface area contributed by atoms with Crippen molar-refractivity contribution in [3.8, 4) is 0 Å². The summed E-state index contributed by atoms with van der Waals surface area (Å²) < 4.78 is 0. The van der Waals surface area contributed by atoms with Gasteiger partial charge in [-0.05, 0) is 68.5 Å². The molecule has 2 aromatic carbocycles. The van der Waals surface area contributed by atoms with Crippen molar-refractivity contribution in [2.24, 2.45) is 0 Å². The minimum Gasteiger partial charge on any atom is -0.352 e. The van der Waals surface area contributed by atoms with E-state index in [4.69, 9.17) is 11.6 Å². The van der Waals surface area contributed by atoms with Crippen LogP contribution in [-0.2, 0) is 22.6 Å². The molecule has 0 radical (unpaired) electrons. The first-order valence-corrected chi connectivity index (χ1v) is 10.5. The first kappa shape index (κ1) is 23.0. The highest BCUT2D eigenvalue weighted by molar-refractivity contribution is 6.30. The van der Waals surface area contributed by atoms with E-state index in [0.29, 0.717) is 11.6 Å². The number of carbonyl (C=O) groups excluding carboxylic acids is 2. The monoisotopic (exact) mass is 414 g/mol. The number of carbonyl (C=O) groups is 2. The first-order valence-electron chi connectivity index (χ1n) is 10.1. The van der Waals surface area contributed by atoms with Crippen LogP contribution < -0.4 is 5.32 Å². The third-order valence-electron chi connectivity index (χ3n) is 5.34. The van der Waals surface area contributed by atoms with Gasteiger partial charge in [-0.1, -0.05) is 48.9 Å². The zero-order valence-corrected chi connectivity index (χ0v) is 18.7. The van der Waals surface area contributed by atoms with Crippen LogP contribution in [0.15, 0.2) is 42.5 Å². The van der Waals surface area contributed by atoms with Gasteiger partial charge < -0.3 is 10.2 Å². The predicted molar refractivity (Wildman–Crippen MR) is 119 cm³/mol. The maximum Gasteiger partial charge on any atom is 0.242 e. The van der Waals surface area contributed by atoms with Crippen LogP contribution in [0.2, 0.25) is 5.02 Å². The van der Waals surface area contributed by atoms with Gasteiger partial charge in [0.25, 0.3) is 0 Å². The number of rotatable bonds is 8. The fourth-order valence-electron chi connectivity index (χ4n) is 3.07. The Morgan fingerprint density at radius 2 is 1.76 bits per heavy atom. The quantitative estimate of drug-likeness (QED) is 0.672. The van der Waals surface area contributed by atoms with E-state index in [0.717, 1.165) is 23.1 Å². The molecule has 0 saturated heterocycles. The predicted octanol–water partition coefficient (Wildman–Crippen LogP) is 4.83. The molecular weight excluding hydrogens is 384 g/mol. The Balaban J connectivity index is 2.25. The summed E-state index contributed by atoms with van der Waals surface area (Å²) in [6.07, 6.45) is 1.09. The summed E-state index contributed by atoms with van der Waals surface area (Å²) in [7, 11) is 0. The fourth-order valence-corrected chi connectivity index (χ4v) is 3.28. The van der Waals surface area contributed by atoms with Gasteiger partial charge in [0.05, 0.1) is 6.42 Å². The summed E-state index contributed by atoms with van der Waals surface area (Å²) in [5, 5.41) is 3.60. The van der Waals surface area contributed by atoms with Gasteiger partial charge in [0.15, 0.2) is 0 Å². The molecular formula is C24H31ClN2O2. The summed E-state index contributed by atoms with van der Waals surface area (Å²) in [6.45, 7) is 10.2. The second-order valence-corrected chi connectivity index (χ2v) is 8.18. The van der Waals surface area contributed by atoms with Gasteiger partial charge in [0.1, 0.15) is 6.04 Å². The summed E-state index contributed by atoms with van der Waals surface area (Å²) in [5.41, 5.74) is 4.19. The molecule has 0 saturated carbocycles. The van der Waals surface area contributed by atoms with E-state index >= 15 is 0 Å². The largest absolute Gasteiger partial charge is 0.352 e. The summed E-state index contributed by atoms with van der Waals surface area (Å²) in [6, 6.07) is 12.9. The molecule has 0 spiro atoms. The number of hydrogen-bond donors (Lipinski definition) is 1. The molecule has 156 valence electrons. The lowest BCUT2D eigenvalue weighted by Crippen LogP contribution is -2.49. The lowest BCUT2D eigenvalue weighted by Gasteiger charge is -2.30. The van der Waals surface area contributed by atoms with Crippen molar-refractivity contribution in [3.63, 3.8) is 0 Å². The topological polar surface area (TPSA) is 49.4 Å². The van der Waals surface area contributed by atoms with E-state index in [1.165, 1.54) is 5.56 Å². The Kier molecular flexibility index (Phi) is 8.27. The van der Waals surface area contributed by atoms with E-state index in [-0.39, 0.29) is 24.3 Å². The molecule has 1 N–H and O–H groups in total. The van der Waals surface area contributed by atoms with Crippen molar-refractivity contribution in [1.29, 1.82) is 0 Å². The molecule has 2 rings (SSSR count). The van der Waals surface area contributed by atoms with Crippen molar-refractivity contribution in [2.45, 2.75) is 66.1 Å². The molecule has 0 bridgehead atoms. The average molecular weight is 415 g/mol. The SMILES string of the molecule is CCC(C)NC(=O)C(C)N(Cc1cccc(Cl)c1)C(=O)Cc1ccc(C)c(C)c1. The van der Waals surface area contributed by atoms with E-state index < -0.39 is 6.04 Å². The standard InChI is InChI=1S/C24H31ClN2O2/c1-6-18(4)26-24(29)19(5)27(15-21-8-7-9-22(25)13-21)23(28)14-20-11-10-16(2)17(3)12-20/h7-13,18-19H,6,14-15H2,1-5H3,(H,26,29). The Bertz CT molecular complexity index is 866. The lowest BCUT2D eigenvalue weighted by molar-refractivity contribution is -0.140. The molecule has 0 aliphatic rings. The van der Waals surface area contributed by atoms with Gasteiger partial charge >= 0.3 is 0 Å². The van der Waals surface area contributed by atoms with E-state index in [1.54, 1.807) is 17.9 Å². The molecule has 0 fully saturated rings. The van der Waals surface area contributed by atoms with Crippen molar-refractivity contribution >= 4 is 23.4 Å². The van der Waals surface area contributed by atoms with Crippen LogP contribution in [-0.4, -0.2) is 28.8 Å². The zero-order chi connectivity index (χ0) is 21.6. The molecule has 0 heterocycles. The van der Waals surface area contributed by atoms with Crippen LogP contribution in [0.3, 0.4) is 0 Å². The molecule has 2 amide bonds. The van der Waals surface area contributed by atoms with Gasteiger partial charge in [-0.3, -0.25) is 9.59 Å². The van der Waals surface area contributed by atoms with Crippen LogP contribution in [0.4, 0.5) is 0 Å².